The number of hydrogen-bond donors (Lipinski definition) is 1. The van der Waals surface area contributed by atoms with Gasteiger partial charge in [0.25, 0.3) is 0 Å². The third-order valence-corrected chi connectivity index (χ3v) is 2.20. The molecule has 0 aliphatic rings. The number of hydrogen-bond acceptors (Lipinski definition) is 3. The van der Waals surface area contributed by atoms with Crippen LogP contribution in [0.2, 0.25) is 19.6 Å². The van der Waals surface area contributed by atoms with E-state index in [1.165, 1.54) is 0 Å². The minimum Gasteiger partial charge on any atom is -0.381 e. The van der Waals surface area contributed by atoms with Crippen LogP contribution in [0, 0.1) is 11.5 Å². The molecule has 0 spiro atoms. The van der Waals surface area contributed by atoms with Crippen LogP contribution in [-0.4, -0.2) is 18.3 Å². The topological polar surface area (TPSA) is 51.8 Å². The Morgan fingerprint density at radius 2 is 2.08 bits per heavy atom. The van der Waals surface area contributed by atoms with E-state index >= 15 is 0 Å². The number of rotatable bonds is 0. The largest absolute Gasteiger partial charge is 0.381 e. The molecule has 1 heterocycles. The van der Waals surface area contributed by atoms with Gasteiger partial charge in [-0.05, 0) is 6.07 Å². The van der Waals surface area contributed by atoms with E-state index in [1.807, 2.05) is 0 Å². The first kappa shape index (κ1) is 9.74. The highest BCUT2D eigenvalue weighted by Crippen LogP contribution is 2.04. The van der Waals surface area contributed by atoms with Crippen molar-refractivity contribution in [2.45, 2.75) is 19.6 Å². The summed E-state index contributed by atoms with van der Waals surface area (Å²) in [7, 11) is -1.33. The fourth-order valence-corrected chi connectivity index (χ4v) is 1.21. The third-order valence-electron chi connectivity index (χ3n) is 1.32. The van der Waals surface area contributed by atoms with E-state index in [1.54, 1.807) is 12.3 Å². The standard InChI is InChI=1S/C9H13N3Si/c1-13(2,3)7-5-8-4-6-11-12-9(8)10/h4,6H,1-3H3,(H2,10,12). The summed E-state index contributed by atoms with van der Waals surface area (Å²) in [5.74, 6) is 3.45. The molecule has 0 bridgehead atoms. The van der Waals surface area contributed by atoms with E-state index in [4.69, 9.17) is 5.73 Å². The molecule has 0 fully saturated rings. The quantitative estimate of drug-likeness (QED) is 0.496. The number of nitrogens with zero attached hydrogens (tertiary/aromatic N) is 2. The maximum absolute atomic E-state index is 5.59. The molecular weight excluding hydrogens is 178 g/mol. The molecule has 0 aliphatic carbocycles. The molecule has 1 aromatic heterocycles. The van der Waals surface area contributed by atoms with Crippen LogP contribution in [0.5, 0.6) is 0 Å². The second-order valence-corrected chi connectivity index (χ2v) is 8.58. The van der Waals surface area contributed by atoms with E-state index in [9.17, 15) is 0 Å². The van der Waals surface area contributed by atoms with Crippen LogP contribution in [0.4, 0.5) is 5.82 Å². The molecule has 0 radical (unpaired) electrons. The van der Waals surface area contributed by atoms with Crippen LogP contribution in [0.3, 0.4) is 0 Å². The van der Waals surface area contributed by atoms with Gasteiger partial charge in [-0.1, -0.05) is 25.6 Å². The van der Waals surface area contributed by atoms with Crippen LogP contribution < -0.4 is 5.73 Å². The molecule has 0 saturated carbocycles. The molecule has 13 heavy (non-hydrogen) atoms. The van der Waals surface area contributed by atoms with Crippen LogP contribution in [-0.2, 0) is 0 Å². The SMILES string of the molecule is C[Si](C)(C)C#Cc1ccnnc1N. The lowest BCUT2D eigenvalue weighted by Gasteiger charge is -2.03. The Morgan fingerprint density at radius 1 is 1.38 bits per heavy atom. The predicted molar refractivity (Wildman–Crippen MR) is 56.7 cm³/mol. The summed E-state index contributed by atoms with van der Waals surface area (Å²) in [5.41, 5.74) is 9.58. The van der Waals surface area contributed by atoms with E-state index in [0.717, 1.165) is 5.56 Å². The lowest BCUT2D eigenvalue weighted by molar-refractivity contribution is 1.04. The van der Waals surface area contributed by atoms with Crippen LogP contribution in [0.15, 0.2) is 12.3 Å². The summed E-state index contributed by atoms with van der Waals surface area (Å²) in [6, 6.07) is 1.79. The van der Waals surface area contributed by atoms with Gasteiger partial charge in [0, 0.05) is 0 Å². The first-order chi connectivity index (χ1) is 5.99. The third kappa shape index (κ3) is 3.26. The van der Waals surface area contributed by atoms with Gasteiger partial charge in [-0.3, -0.25) is 0 Å². The summed E-state index contributed by atoms with van der Waals surface area (Å²) in [6.07, 6.45) is 1.60. The summed E-state index contributed by atoms with van der Waals surface area (Å²) >= 11 is 0. The van der Waals surface area contributed by atoms with Crippen molar-refractivity contribution in [3.05, 3.63) is 17.8 Å². The van der Waals surface area contributed by atoms with E-state index < -0.39 is 8.07 Å². The Hall–Kier alpha value is -1.34. The fourth-order valence-electron chi connectivity index (χ4n) is 0.703. The van der Waals surface area contributed by atoms with Gasteiger partial charge in [-0.25, -0.2) is 0 Å². The predicted octanol–water partition coefficient (Wildman–Crippen LogP) is 1.29. The van der Waals surface area contributed by atoms with Crippen molar-refractivity contribution in [1.82, 2.24) is 10.2 Å². The van der Waals surface area contributed by atoms with Crippen LogP contribution in [0.25, 0.3) is 0 Å². The first-order valence-corrected chi connectivity index (χ1v) is 7.59. The van der Waals surface area contributed by atoms with E-state index in [-0.39, 0.29) is 0 Å². The molecule has 4 heteroatoms. The normalized spacial score (nSPS) is 10.4. The zero-order chi connectivity index (χ0) is 9.90. The second kappa shape index (κ2) is 3.58. The van der Waals surface area contributed by atoms with Gasteiger partial charge in [-0.2, -0.15) is 5.10 Å². The maximum Gasteiger partial charge on any atom is 0.161 e. The van der Waals surface area contributed by atoms with Gasteiger partial charge in [0.2, 0.25) is 0 Å². The van der Waals surface area contributed by atoms with Gasteiger partial charge in [0.15, 0.2) is 5.82 Å². The van der Waals surface area contributed by atoms with Crippen molar-refractivity contribution in [2.75, 3.05) is 5.73 Å². The molecule has 2 N–H and O–H groups in total. The first-order valence-electron chi connectivity index (χ1n) is 4.09. The van der Waals surface area contributed by atoms with Crippen molar-refractivity contribution in [2.24, 2.45) is 0 Å². The van der Waals surface area contributed by atoms with Gasteiger partial charge in [-0.15, -0.1) is 10.6 Å². The fraction of sp³-hybridized carbons (Fsp3) is 0.333. The monoisotopic (exact) mass is 191 g/mol. The number of aromatic nitrogens is 2. The van der Waals surface area contributed by atoms with Gasteiger partial charge in [0.1, 0.15) is 8.07 Å². The maximum atomic E-state index is 5.59. The molecule has 3 nitrogen and oxygen atoms in total. The Kier molecular flexibility index (Phi) is 2.68. The Labute approximate surface area is 79.4 Å². The Balaban J connectivity index is 2.97. The van der Waals surface area contributed by atoms with Crippen molar-refractivity contribution in [3.63, 3.8) is 0 Å². The molecule has 0 aliphatic heterocycles. The highest BCUT2D eigenvalue weighted by Gasteiger charge is 2.07. The molecule has 1 rings (SSSR count). The lowest BCUT2D eigenvalue weighted by Crippen LogP contribution is -2.16. The highest BCUT2D eigenvalue weighted by molar-refractivity contribution is 6.83. The van der Waals surface area contributed by atoms with E-state index in [0.29, 0.717) is 5.82 Å². The number of nitrogens with two attached hydrogens (primary N) is 1. The smallest absolute Gasteiger partial charge is 0.161 e. The van der Waals surface area contributed by atoms with Crippen molar-refractivity contribution < 1.29 is 0 Å². The minimum absolute atomic E-state index is 0.410. The molecule has 68 valence electrons. The molecule has 0 saturated heterocycles. The Morgan fingerprint density at radius 3 is 2.62 bits per heavy atom. The number of anilines is 1. The minimum atomic E-state index is -1.33. The van der Waals surface area contributed by atoms with Crippen LogP contribution in [0.1, 0.15) is 5.56 Å². The van der Waals surface area contributed by atoms with Gasteiger partial charge >= 0.3 is 0 Å². The number of nitrogen functional groups attached to an aromatic ring is 1. The highest BCUT2D eigenvalue weighted by atomic mass is 28.3. The molecular formula is C9H13N3Si. The van der Waals surface area contributed by atoms with Crippen molar-refractivity contribution >= 4 is 13.9 Å². The van der Waals surface area contributed by atoms with E-state index in [2.05, 4.69) is 41.3 Å². The second-order valence-electron chi connectivity index (χ2n) is 3.83. The zero-order valence-electron chi connectivity index (χ0n) is 8.13. The summed E-state index contributed by atoms with van der Waals surface area (Å²) < 4.78 is 0. The van der Waals surface area contributed by atoms with Crippen molar-refractivity contribution in [3.8, 4) is 11.5 Å². The molecule has 1 aromatic rings. The molecule has 0 unspecified atom stereocenters. The summed E-state index contributed by atoms with van der Waals surface area (Å²) in [5, 5.41) is 7.38. The average molecular weight is 191 g/mol. The summed E-state index contributed by atoms with van der Waals surface area (Å²) in [6.45, 7) is 6.56. The molecule has 0 atom stereocenters. The molecule has 0 aromatic carbocycles. The molecule has 0 amide bonds. The summed E-state index contributed by atoms with van der Waals surface area (Å²) in [4.78, 5) is 0. The van der Waals surface area contributed by atoms with Gasteiger partial charge < -0.3 is 5.73 Å². The lowest BCUT2D eigenvalue weighted by atomic mass is 10.3. The Bertz CT molecular complexity index is 357. The van der Waals surface area contributed by atoms with Crippen LogP contribution >= 0.6 is 0 Å². The average Bonchev–Trinajstić information content (AvgIpc) is 2.01. The van der Waals surface area contributed by atoms with Crippen molar-refractivity contribution in [1.29, 1.82) is 0 Å². The van der Waals surface area contributed by atoms with Gasteiger partial charge in [0.05, 0.1) is 11.8 Å². The zero-order valence-corrected chi connectivity index (χ0v) is 9.13.